The zero-order valence-electron chi connectivity index (χ0n) is 10.4. The van der Waals surface area contributed by atoms with Crippen LogP contribution in [0.4, 0.5) is 0 Å². The van der Waals surface area contributed by atoms with Crippen molar-refractivity contribution >= 4 is 11.9 Å². The van der Waals surface area contributed by atoms with Gasteiger partial charge >= 0.3 is 5.97 Å². The molecule has 98 valence electrons. The number of hydrogen-bond acceptors (Lipinski definition) is 3. The smallest absolute Gasteiger partial charge is 0.305 e. The fraction of sp³-hybridized carbons (Fsp3) is 0.833. The number of amides is 1. The Bertz CT molecular complexity index is 277. The van der Waals surface area contributed by atoms with E-state index in [-0.39, 0.29) is 18.4 Å². The number of unbranched alkanes of at least 4 members (excludes halogenated alkanes) is 1. The van der Waals surface area contributed by atoms with E-state index in [2.05, 4.69) is 6.92 Å². The van der Waals surface area contributed by atoms with Crippen LogP contribution in [0.5, 0.6) is 0 Å². The minimum atomic E-state index is -0.870. The van der Waals surface area contributed by atoms with Crippen LogP contribution in [0.2, 0.25) is 0 Å². The molecule has 0 heterocycles. The molecule has 3 N–H and O–H groups in total. The number of carboxylic acids is 1. The van der Waals surface area contributed by atoms with Crippen molar-refractivity contribution in [2.45, 2.75) is 57.5 Å². The van der Waals surface area contributed by atoms with Crippen LogP contribution in [0, 0.1) is 0 Å². The summed E-state index contributed by atoms with van der Waals surface area (Å²) in [6.07, 6.45) is 4.59. The number of carboxylic acid groups (broad SMARTS) is 1. The third-order valence-electron chi connectivity index (χ3n) is 3.02. The van der Waals surface area contributed by atoms with E-state index in [1.807, 2.05) is 0 Å². The SMILES string of the molecule is CCCCC(N)C(=O)N(CCC(=O)O)C1CC1. The Balaban J connectivity index is 2.45. The predicted molar refractivity (Wildman–Crippen MR) is 64.5 cm³/mol. The fourth-order valence-corrected chi connectivity index (χ4v) is 1.84. The van der Waals surface area contributed by atoms with Gasteiger partial charge in [-0.1, -0.05) is 19.8 Å². The van der Waals surface area contributed by atoms with Crippen LogP contribution < -0.4 is 5.73 Å². The standard InChI is InChI=1S/C12H22N2O3/c1-2-3-4-10(13)12(17)14(9-5-6-9)8-7-11(15)16/h9-10H,2-8,13H2,1H3,(H,15,16). The number of nitrogens with zero attached hydrogens (tertiary/aromatic N) is 1. The maximum atomic E-state index is 12.1. The van der Waals surface area contributed by atoms with Crippen LogP contribution in [0.25, 0.3) is 0 Å². The van der Waals surface area contributed by atoms with Gasteiger partial charge in [-0.3, -0.25) is 9.59 Å². The molecular formula is C12H22N2O3. The summed E-state index contributed by atoms with van der Waals surface area (Å²) in [5, 5.41) is 8.66. The van der Waals surface area contributed by atoms with Crippen LogP contribution in [0.15, 0.2) is 0 Å². The third kappa shape index (κ3) is 4.73. The highest BCUT2D eigenvalue weighted by Gasteiger charge is 2.34. The lowest BCUT2D eigenvalue weighted by Crippen LogP contribution is -2.45. The monoisotopic (exact) mass is 242 g/mol. The van der Waals surface area contributed by atoms with Crippen molar-refractivity contribution in [2.75, 3.05) is 6.54 Å². The average Bonchev–Trinajstić information content (AvgIpc) is 3.09. The van der Waals surface area contributed by atoms with Crippen LogP contribution >= 0.6 is 0 Å². The number of rotatable bonds is 8. The molecule has 0 aromatic carbocycles. The van der Waals surface area contributed by atoms with Gasteiger partial charge in [-0.25, -0.2) is 0 Å². The van der Waals surface area contributed by atoms with E-state index in [0.717, 1.165) is 25.7 Å². The summed E-state index contributed by atoms with van der Waals surface area (Å²) in [6.45, 7) is 2.35. The van der Waals surface area contributed by atoms with Gasteiger partial charge in [-0.15, -0.1) is 0 Å². The lowest BCUT2D eigenvalue weighted by atomic mass is 10.1. The van der Waals surface area contributed by atoms with Crippen LogP contribution in [0.3, 0.4) is 0 Å². The lowest BCUT2D eigenvalue weighted by Gasteiger charge is -2.25. The van der Waals surface area contributed by atoms with Gasteiger partial charge in [0.1, 0.15) is 0 Å². The molecule has 0 aromatic rings. The maximum absolute atomic E-state index is 12.1. The quantitative estimate of drug-likeness (QED) is 0.664. The molecule has 0 aromatic heterocycles. The second kappa shape index (κ2) is 6.59. The van der Waals surface area contributed by atoms with E-state index < -0.39 is 12.0 Å². The Morgan fingerprint density at radius 1 is 1.47 bits per heavy atom. The highest BCUT2D eigenvalue weighted by molar-refractivity contribution is 5.82. The molecule has 1 aliphatic carbocycles. The molecule has 1 rings (SSSR count). The lowest BCUT2D eigenvalue weighted by molar-refractivity contribution is -0.139. The first-order valence-corrected chi connectivity index (χ1v) is 6.34. The summed E-state index contributed by atoms with van der Waals surface area (Å²) in [5.41, 5.74) is 5.84. The normalized spacial score (nSPS) is 16.6. The molecule has 1 amide bonds. The van der Waals surface area contributed by atoms with Gasteiger partial charge < -0.3 is 15.7 Å². The Hall–Kier alpha value is -1.10. The summed E-state index contributed by atoms with van der Waals surface area (Å²) in [7, 11) is 0. The Labute approximate surface area is 102 Å². The Morgan fingerprint density at radius 2 is 2.12 bits per heavy atom. The molecule has 1 fully saturated rings. The summed E-state index contributed by atoms with van der Waals surface area (Å²) >= 11 is 0. The van der Waals surface area contributed by atoms with Crippen LogP contribution in [0.1, 0.15) is 45.4 Å². The van der Waals surface area contributed by atoms with E-state index in [0.29, 0.717) is 13.0 Å². The summed E-state index contributed by atoms with van der Waals surface area (Å²) in [5.74, 6) is -0.951. The molecule has 1 atom stereocenters. The summed E-state index contributed by atoms with van der Waals surface area (Å²) < 4.78 is 0. The average molecular weight is 242 g/mol. The van der Waals surface area contributed by atoms with Gasteiger partial charge in [0, 0.05) is 12.6 Å². The zero-order chi connectivity index (χ0) is 12.8. The third-order valence-corrected chi connectivity index (χ3v) is 3.02. The second-order valence-electron chi connectivity index (χ2n) is 4.66. The molecule has 17 heavy (non-hydrogen) atoms. The van der Waals surface area contributed by atoms with Gasteiger partial charge in [-0.2, -0.15) is 0 Å². The number of carbonyl (C=O) groups is 2. The summed E-state index contributed by atoms with van der Waals surface area (Å²) in [6, 6.07) is -0.237. The van der Waals surface area contributed by atoms with Crippen molar-refractivity contribution in [3.05, 3.63) is 0 Å². The molecule has 0 radical (unpaired) electrons. The molecule has 1 aliphatic rings. The Morgan fingerprint density at radius 3 is 2.59 bits per heavy atom. The molecule has 0 bridgehead atoms. The van der Waals surface area contributed by atoms with Crippen molar-refractivity contribution in [3.63, 3.8) is 0 Å². The van der Waals surface area contributed by atoms with Gasteiger partial charge in [-0.05, 0) is 19.3 Å². The van der Waals surface area contributed by atoms with Gasteiger partial charge in [0.05, 0.1) is 12.5 Å². The van der Waals surface area contributed by atoms with E-state index in [4.69, 9.17) is 10.8 Å². The van der Waals surface area contributed by atoms with Gasteiger partial charge in [0.15, 0.2) is 0 Å². The molecule has 5 nitrogen and oxygen atoms in total. The molecule has 5 heteroatoms. The largest absolute Gasteiger partial charge is 0.481 e. The minimum Gasteiger partial charge on any atom is -0.481 e. The van der Waals surface area contributed by atoms with Crippen molar-refractivity contribution in [2.24, 2.45) is 5.73 Å². The Kier molecular flexibility index (Phi) is 5.41. The van der Waals surface area contributed by atoms with Gasteiger partial charge in [0.2, 0.25) is 5.91 Å². The molecule has 0 spiro atoms. The first kappa shape index (κ1) is 14.0. The molecular weight excluding hydrogens is 220 g/mol. The van der Waals surface area contributed by atoms with Crippen molar-refractivity contribution in [3.8, 4) is 0 Å². The number of aliphatic carboxylic acids is 1. The molecule has 0 aliphatic heterocycles. The van der Waals surface area contributed by atoms with Crippen molar-refractivity contribution in [1.29, 1.82) is 0 Å². The fourth-order valence-electron chi connectivity index (χ4n) is 1.84. The van der Waals surface area contributed by atoms with E-state index in [1.165, 1.54) is 0 Å². The zero-order valence-corrected chi connectivity index (χ0v) is 10.4. The minimum absolute atomic E-state index is 0.00272. The highest BCUT2D eigenvalue weighted by atomic mass is 16.4. The van der Waals surface area contributed by atoms with Crippen LogP contribution in [-0.4, -0.2) is 40.5 Å². The number of hydrogen-bond donors (Lipinski definition) is 2. The summed E-state index contributed by atoms with van der Waals surface area (Å²) in [4.78, 5) is 24.3. The first-order chi connectivity index (χ1) is 8.06. The molecule has 0 saturated heterocycles. The predicted octanol–water partition coefficient (Wildman–Crippen LogP) is 0.970. The van der Waals surface area contributed by atoms with Gasteiger partial charge in [0.25, 0.3) is 0 Å². The van der Waals surface area contributed by atoms with E-state index in [1.54, 1.807) is 4.90 Å². The second-order valence-corrected chi connectivity index (χ2v) is 4.66. The molecule has 1 unspecified atom stereocenters. The number of carbonyl (C=O) groups excluding carboxylic acids is 1. The first-order valence-electron chi connectivity index (χ1n) is 6.34. The van der Waals surface area contributed by atoms with E-state index >= 15 is 0 Å². The van der Waals surface area contributed by atoms with E-state index in [9.17, 15) is 9.59 Å². The van der Waals surface area contributed by atoms with Crippen molar-refractivity contribution in [1.82, 2.24) is 4.90 Å². The van der Waals surface area contributed by atoms with Crippen LogP contribution in [-0.2, 0) is 9.59 Å². The highest BCUT2D eigenvalue weighted by Crippen LogP contribution is 2.27. The number of nitrogens with two attached hydrogens (primary N) is 1. The molecule has 1 saturated carbocycles. The van der Waals surface area contributed by atoms with Crippen molar-refractivity contribution < 1.29 is 14.7 Å². The topological polar surface area (TPSA) is 83.6 Å². The maximum Gasteiger partial charge on any atom is 0.305 e.